The summed E-state index contributed by atoms with van der Waals surface area (Å²) in [5, 5.41) is 3.40. The number of hydrogen-bond donors (Lipinski definition) is 1. The molecule has 0 saturated carbocycles. The summed E-state index contributed by atoms with van der Waals surface area (Å²) in [4.78, 5) is 9.19. The van der Waals surface area contributed by atoms with E-state index in [0.29, 0.717) is 5.92 Å². The zero-order valence-corrected chi connectivity index (χ0v) is 12.2. The summed E-state index contributed by atoms with van der Waals surface area (Å²) >= 11 is 0. The van der Waals surface area contributed by atoms with E-state index in [2.05, 4.69) is 42.3 Å². The van der Waals surface area contributed by atoms with Gasteiger partial charge in [0.2, 0.25) is 0 Å². The van der Waals surface area contributed by atoms with Gasteiger partial charge in [-0.25, -0.2) is 9.97 Å². The van der Waals surface area contributed by atoms with Crippen LogP contribution >= 0.6 is 0 Å². The predicted molar refractivity (Wildman–Crippen MR) is 81.6 cm³/mol. The summed E-state index contributed by atoms with van der Waals surface area (Å²) in [5.41, 5.74) is 4.82. The Hall–Kier alpha value is -1.74. The van der Waals surface area contributed by atoms with Crippen molar-refractivity contribution >= 4 is 0 Å². The van der Waals surface area contributed by atoms with Gasteiger partial charge in [-0.2, -0.15) is 0 Å². The minimum absolute atomic E-state index is 0.685. The Kier molecular flexibility index (Phi) is 3.79. The zero-order chi connectivity index (χ0) is 13.9. The maximum Gasteiger partial charge on any atom is 0.129 e. The van der Waals surface area contributed by atoms with Gasteiger partial charge in [-0.1, -0.05) is 23.8 Å². The Labute approximate surface area is 120 Å². The van der Waals surface area contributed by atoms with E-state index in [1.54, 1.807) is 0 Å². The number of nitrogens with one attached hydrogen (secondary N) is 1. The van der Waals surface area contributed by atoms with Crippen LogP contribution in [0.3, 0.4) is 0 Å². The number of hydrogen-bond acceptors (Lipinski definition) is 3. The lowest BCUT2D eigenvalue weighted by atomic mass is 10.0. The van der Waals surface area contributed by atoms with Gasteiger partial charge in [0.15, 0.2) is 0 Å². The molecule has 1 saturated heterocycles. The molecule has 1 aromatic heterocycles. The first-order valence-electron chi connectivity index (χ1n) is 7.32. The van der Waals surface area contributed by atoms with Crippen LogP contribution in [-0.4, -0.2) is 23.1 Å². The number of rotatable bonds is 3. The molecule has 20 heavy (non-hydrogen) atoms. The lowest BCUT2D eigenvalue weighted by Crippen LogP contribution is -2.12. The van der Waals surface area contributed by atoms with Crippen LogP contribution in [0, 0.1) is 19.8 Å². The highest BCUT2D eigenvalue weighted by molar-refractivity contribution is 5.63. The van der Waals surface area contributed by atoms with E-state index in [4.69, 9.17) is 4.98 Å². The SMILES string of the molecule is Cc1ccc(-c2ccnc(CC3CCNC3)n2)c(C)c1. The summed E-state index contributed by atoms with van der Waals surface area (Å²) in [7, 11) is 0. The van der Waals surface area contributed by atoms with Gasteiger partial charge in [-0.05, 0) is 50.9 Å². The van der Waals surface area contributed by atoms with Gasteiger partial charge < -0.3 is 5.32 Å². The third-order valence-corrected chi connectivity index (χ3v) is 4.00. The van der Waals surface area contributed by atoms with Crippen molar-refractivity contribution in [1.29, 1.82) is 0 Å². The van der Waals surface area contributed by atoms with Gasteiger partial charge in [0.25, 0.3) is 0 Å². The average molecular weight is 267 g/mol. The second-order valence-electron chi connectivity index (χ2n) is 5.74. The molecular formula is C17H21N3. The van der Waals surface area contributed by atoms with E-state index in [1.807, 2.05) is 12.3 Å². The monoisotopic (exact) mass is 267 g/mol. The molecule has 3 heteroatoms. The molecule has 2 heterocycles. The van der Waals surface area contributed by atoms with Crippen molar-refractivity contribution in [2.24, 2.45) is 5.92 Å². The number of benzene rings is 1. The van der Waals surface area contributed by atoms with Crippen molar-refractivity contribution < 1.29 is 0 Å². The van der Waals surface area contributed by atoms with Crippen molar-refractivity contribution in [2.45, 2.75) is 26.7 Å². The molecular weight excluding hydrogens is 246 g/mol. The van der Waals surface area contributed by atoms with Crippen LogP contribution in [0.2, 0.25) is 0 Å². The van der Waals surface area contributed by atoms with Gasteiger partial charge in [-0.15, -0.1) is 0 Å². The zero-order valence-electron chi connectivity index (χ0n) is 12.2. The Morgan fingerprint density at radius 3 is 2.90 bits per heavy atom. The lowest BCUT2D eigenvalue weighted by molar-refractivity contribution is 0.561. The van der Waals surface area contributed by atoms with E-state index in [9.17, 15) is 0 Å². The molecule has 3 nitrogen and oxygen atoms in total. The molecule has 0 amide bonds. The third kappa shape index (κ3) is 2.88. The second-order valence-corrected chi connectivity index (χ2v) is 5.74. The molecule has 0 radical (unpaired) electrons. The average Bonchev–Trinajstić information content (AvgIpc) is 2.92. The summed E-state index contributed by atoms with van der Waals surface area (Å²) < 4.78 is 0. The van der Waals surface area contributed by atoms with Crippen LogP contribution in [0.25, 0.3) is 11.3 Å². The Morgan fingerprint density at radius 1 is 1.25 bits per heavy atom. The van der Waals surface area contributed by atoms with E-state index in [0.717, 1.165) is 31.0 Å². The van der Waals surface area contributed by atoms with Gasteiger partial charge in [0.05, 0.1) is 5.69 Å². The smallest absolute Gasteiger partial charge is 0.129 e. The number of nitrogens with zero attached hydrogens (tertiary/aromatic N) is 2. The topological polar surface area (TPSA) is 37.8 Å². The summed E-state index contributed by atoms with van der Waals surface area (Å²) in [6, 6.07) is 8.52. The minimum atomic E-state index is 0.685. The Balaban J connectivity index is 1.86. The third-order valence-electron chi connectivity index (χ3n) is 4.00. The Bertz CT molecular complexity index is 601. The van der Waals surface area contributed by atoms with Gasteiger partial charge in [0.1, 0.15) is 5.82 Å². The van der Waals surface area contributed by atoms with Gasteiger partial charge in [-0.3, -0.25) is 0 Å². The minimum Gasteiger partial charge on any atom is -0.316 e. The van der Waals surface area contributed by atoms with Crippen LogP contribution in [0.4, 0.5) is 0 Å². The Morgan fingerprint density at radius 2 is 2.15 bits per heavy atom. The molecule has 1 aliphatic heterocycles. The van der Waals surface area contributed by atoms with E-state index >= 15 is 0 Å². The van der Waals surface area contributed by atoms with Crippen LogP contribution in [0.5, 0.6) is 0 Å². The van der Waals surface area contributed by atoms with Crippen molar-refractivity contribution in [1.82, 2.24) is 15.3 Å². The van der Waals surface area contributed by atoms with Crippen molar-refractivity contribution in [3.05, 3.63) is 47.4 Å². The molecule has 1 unspecified atom stereocenters. The van der Waals surface area contributed by atoms with Crippen LogP contribution in [-0.2, 0) is 6.42 Å². The molecule has 0 bridgehead atoms. The first-order valence-corrected chi connectivity index (χ1v) is 7.32. The summed E-state index contributed by atoms with van der Waals surface area (Å²) in [6.07, 6.45) is 4.10. The molecule has 1 aliphatic rings. The predicted octanol–water partition coefficient (Wildman–Crippen LogP) is 2.91. The lowest BCUT2D eigenvalue weighted by Gasteiger charge is -2.10. The van der Waals surface area contributed by atoms with Crippen LogP contribution in [0.15, 0.2) is 30.5 Å². The van der Waals surface area contributed by atoms with Crippen LogP contribution in [0.1, 0.15) is 23.4 Å². The fourth-order valence-corrected chi connectivity index (χ4v) is 2.90. The number of aromatic nitrogens is 2. The second kappa shape index (κ2) is 5.71. The van der Waals surface area contributed by atoms with Crippen molar-refractivity contribution in [2.75, 3.05) is 13.1 Å². The highest BCUT2D eigenvalue weighted by Crippen LogP contribution is 2.23. The van der Waals surface area contributed by atoms with E-state index in [-0.39, 0.29) is 0 Å². The molecule has 1 fully saturated rings. The van der Waals surface area contributed by atoms with Gasteiger partial charge in [0, 0.05) is 18.2 Å². The molecule has 104 valence electrons. The molecule has 1 N–H and O–H groups in total. The van der Waals surface area contributed by atoms with Crippen LogP contribution < -0.4 is 5.32 Å². The molecule has 1 atom stereocenters. The molecule has 3 rings (SSSR count). The highest BCUT2D eigenvalue weighted by Gasteiger charge is 2.16. The largest absolute Gasteiger partial charge is 0.316 e. The molecule has 0 aliphatic carbocycles. The number of aryl methyl sites for hydroxylation is 2. The van der Waals surface area contributed by atoms with E-state index < -0.39 is 0 Å². The van der Waals surface area contributed by atoms with Crippen molar-refractivity contribution in [3.8, 4) is 11.3 Å². The summed E-state index contributed by atoms with van der Waals surface area (Å²) in [6.45, 7) is 6.48. The first-order chi connectivity index (χ1) is 9.72. The fourth-order valence-electron chi connectivity index (χ4n) is 2.90. The fraction of sp³-hybridized carbons (Fsp3) is 0.412. The van der Waals surface area contributed by atoms with Crippen molar-refractivity contribution in [3.63, 3.8) is 0 Å². The molecule has 2 aromatic rings. The maximum absolute atomic E-state index is 4.76. The standard InChI is InChI=1S/C17H21N3/c1-12-3-4-15(13(2)9-12)16-6-8-19-17(20-16)10-14-5-7-18-11-14/h3-4,6,8-9,14,18H,5,7,10-11H2,1-2H3. The highest BCUT2D eigenvalue weighted by atomic mass is 14.9. The summed E-state index contributed by atoms with van der Waals surface area (Å²) in [5.74, 6) is 1.65. The molecule has 1 aromatic carbocycles. The molecule has 0 spiro atoms. The maximum atomic E-state index is 4.76. The normalized spacial score (nSPS) is 18.4. The van der Waals surface area contributed by atoms with E-state index in [1.165, 1.54) is 23.1 Å². The quantitative estimate of drug-likeness (QED) is 0.929. The first kappa shape index (κ1) is 13.3. The van der Waals surface area contributed by atoms with Gasteiger partial charge >= 0.3 is 0 Å².